The van der Waals surface area contributed by atoms with E-state index in [2.05, 4.69) is 16.8 Å². The first-order valence-electron chi connectivity index (χ1n) is 6.72. The van der Waals surface area contributed by atoms with Crippen molar-refractivity contribution in [2.24, 2.45) is 0 Å². The van der Waals surface area contributed by atoms with E-state index >= 15 is 0 Å². The van der Waals surface area contributed by atoms with Gasteiger partial charge in [0.1, 0.15) is 4.88 Å². The molecule has 0 aliphatic carbocycles. The minimum absolute atomic E-state index is 0.0724. The lowest BCUT2D eigenvalue weighted by molar-refractivity contribution is 0.0769. The van der Waals surface area contributed by atoms with Crippen molar-refractivity contribution in [3.05, 3.63) is 52.0 Å². The van der Waals surface area contributed by atoms with Crippen LogP contribution in [0.1, 0.15) is 26.7 Å². The Labute approximate surface area is 127 Å². The molecule has 21 heavy (non-hydrogen) atoms. The molecule has 1 amide bonds. The summed E-state index contributed by atoms with van der Waals surface area (Å²) in [6.07, 6.45) is 1.80. The second-order valence-electron chi connectivity index (χ2n) is 4.84. The number of thiazole rings is 1. The van der Waals surface area contributed by atoms with Crippen LogP contribution < -0.4 is 0 Å². The number of aliphatic hydroxyl groups is 1. The Kier molecular flexibility index (Phi) is 4.00. The van der Waals surface area contributed by atoms with E-state index in [4.69, 9.17) is 0 Å². The van der Waals surface area contributed by atoms with Crippen molar-refractivity contribution in [3.8, 4) is 11.8 Å². The topological polar surface area (TPSA) is 53.4 Å². The van der Waals surface area contributed by atoms with Crippen LogP contribution in [0.5, 0.6) is 0 Å². The number of aromatic nitrogens is 1. The molecule has 0 spiro atoms. The van der Waals surface area contributed by atoms with Gasteiger partial charge < -0.3 is 10.0 Å². The standard InChI is InChI=1S/C16H14N2O2S/c19-13-8-9-18(11-13)16(20)14-10-17-15(21-14)7-6-12-4-2-1-3-5-12/h1-5,10,13,19H,8-9,11H2. The highest BCUT2D eigenvalue weighted by Crippen LogP contribution is 2.18. The quantitative estimate of drug-likeness (QED) is 0.816. The zero-order valence-corrected chi connectivity index (χ0v) is 12.1. The summed E-state index contributed by atoms with van der Waals surface area (Å²) in [4.78, 5) is 18.6. The SMILES string of the molecule is O=C(c1cnc(C#Cc2ccccc2)s1)N1CCC(O)C1. The molecular weight excluding hydrogens is 284 g/mol. The predicted octanol–water partition coefficient (Wildman–Crippen LogP) is 1.75. The Morgan fingerprint density at radius 3 is 2.86 bits per heavy atom. The van der Waals surface area contributed by atoms with Gasteiger partial charge in [0.05, 0.1) is 12.3 Å². The van der Waals surface area contributed by atoms with Gasteiger partial charge in [-0.3, -0.25) is 4.79 Å². The lowest BCUT2D eigenvalue weighted by Gasteiger charge is -2.13. The van der Waals surface area contributed by atoms with E-state index in [-0.39, 0.29) is 5.91 Å². The molecule has 106 valence electrons. The third-order valence-corrected chi connectivity index (χ3v) is 4.16. The zero-order chi connectivity index (χ0) is 14.7. The maximum Gasteiger partial charge on any atom is 0.265 e. The maximum atomic E-state index is 12.2. The lowest BCUT2D eigenvalue weighted by atomic mass is 10.2. The highest BCUT2D eigenvalue weighted by atomic mass is 32.1. The van der Waals surface area contributed by atoms with Gasteiger partial charge >= 0.3 is 0 Å². The van der Waals surface area contributed by atoms with E-state index in [1.54, 1.807) is 11.1 Å². The third-order valence-electron chi connectivity index (χ3n) is 3.25. The van der Waals surface area contributed by atoms with Gasteiger partial charge in [-0.2, -0.15) is 0 Å². The highest BCUT2D eigenvalue weighted by molar-refractivity contribution is 7.14. The fourth-order valence-electron chi connectivity index (χ4n) is 2.16. The first-order chi connectivity index (χ1) is 10.2. The van der Waals surface area contributed by atoms with Crippen molar-refractivity contribution in [2.45, 2.75) is 12.5 Å². The molecule has 3 rings (SSSR count). The number of hydrogen-bond donors (Lipinski definition) is 1. The molecule has 1 saturated heterocycles. The Balaban J connectivity index is 1.72. The largest absolute Gasteiger partial charge is 0.391 e. The molecule has 1 aliphatic heterocycles. The molecule has 1 aromatic heterocycles. The summed E-state index contributed by atoms with van der Waals surface area (Å²) >= 11 is 1.29. The van der Waals surface area contributed by atoms with Crippen LogP contribution in [-0.4, -0.2) is 40.1 Å². The van der Waals surface area contributed by atoms with E-state index in [0.29, 0.717) is 29.4 Å². The van der Waals surface area contributed by atoms with Gasteiger partial charge in [0.2, 0.25) is 0 Å². The highest BCUT2D eigenvalue weighted by Gasteiger charge is 2.26. The Bertz CT molecular complexity index is 700. The second-order valence-corrected chi connectivity index (χ2v) is 5.87. The van der Waals surface area contributed by atoms with Crippen molar-refractivity contribution in [3.63, 3.8) is 0 Å². The fraction of sp³-hybridized carbons (Fsp3) is 0.250. The average molecular weight is 298 g/mol. The predicted molar refractivity (Wildman–Crippen MR) is 81.1 cm³/mol. The summed E-state index contributed by atoms with van der Waals surface area (Å²) in [5.41, 5.74) is 0.920. The fourth-order valence-corrected chi connectivity index (χ4v) is 2.90. The van der Waals surface area contributed by atoms with Crippen LogP contribution in [0.3, 0.4) is 0 Å². The van der Waals surface area contributed by atoms with Gasteiger partial charge in [0.15, 0.2) is 5.01 Å². The van der Waals surface area contributed by atoms with Gasteiger partial charge in [-0.25, -0.2) is 4.98 Å². The maximum absolute atomic E-state index is 12.2. The molecule has 1 atom stereocenters. The molecular formula is C16H14N2O2S. The summed E-state index contributed by atoms with van der Waals surface area (Å²) < 4.78 is 0. The molecule has 0 bridgehead atoms. The summed E-state index contributed by atoms with van der Waals surface area (Å²) in [6, 6.07) is 9.66. The number of rotatable bonds is 1. The first-order valence-corrected chi connectivity index (χ1v) is 7.54. The average Bonchev–Trinajstić information content (AvgIpc) is 3.14. The summed E-state index contributed by atoms with van der Waals surface area (Å²) in [5, 5.41) is 10.1. The van der Waals surface area contributed by atoms with Crippen LogP contribution in [0.15, 0.2) is 36.5 Å². The van der Waals surface area contributed by atoms with E-state index in [9.17, 15) is 9.90 Å². The van der Waals surface area contributed by atoms with Crippen molar-refractivity contribution >= 4 is 17.2 Å². The number of benzene rings is 1. The molecule has 0 saturated carbocycles. The smallest absolute Gasteiger partial charge is 0.265 e. The van der Waals surface area contributed by atoms with Crippen molar-refractivity contribution in [1.29, 1.82) is 0 Å². The Morgan fingerprint density at radius 2 is 2.14 bits per heavy atom. The summed E-state index contributed by atoms with van der Waals surface area (Å²) in [6.45, 7) is 1.00. The number of β-amino-alcohol motifs (C(OH)–C–C–N with tert-alkyl or cyclic N) is 1. The van der Waals surface area contributed by atoms with Gasteiger partial charge in [-0.15, -0.1) is 11.3 Å². The third kappa shape index (κ3) is 3.30. The number of aliphatic hydroxyl groups excluding tert-OH is 1. The van der Waals surface area contributed by atoms with Crippen molar-refractivity contribution < 1.29 is 9.90 Å². The van der Waals surface area contributed by atoms with Gasteiger partial charge in [-0.1, -0.05) is 24.1 Å². The van der Waals surface area contributed by atoms with Crippen LogP contribution in [0.4, 0.5) is 0 Å². The molecule has 2 aromatic rings. The number of amides is 1. The Morgan fingerprint density at radius 1 is 1.33 bits per heavy atom. The van der Waals surface area contributed by atoms with Crippen molar-refractivity contribution in [1.82, 2.24) is 9.88 Å². The van der Waals surface area contributed by atoms with E-state index in [1.165, 1.54) is 11.3 Å². The van der Waals surface area contributed by atoms with Gasteiger partial charge in [0.25, 0.3) is 5.91 Å². The number of likely N-dealkylation sites (tertiary alicyclic amines) is 1. The number of carbonyl (C=O) groups excluding carboxylic acids is 1. The molecule has 2 heterocycles. The second kappa shape index (κ2) is 6.08. The number of nitrogens with zero attached hydrogens (tertiary/aromatic N) is 2. The lowest BCUT2D eigenvalue weighted by Crippen LogP contribution is -2.28. The normalized spacial score (nSPS) is 17.4. The molecule has 1 aromatic carbocycles. The van der Waals surface area contributed by atoms with Crippen LogP contribution >= 0.6 is 11.3 Å². The van der Waals surface area contributed by atoms with Crippen LogP contribution in [0.25, 0.3) is 0 Å². The monoisotopic (exact) mass is 298 g/mol. The molecule has 1 unspecified atom stereocenters. The zero-order valence-electron chi connectivity index (χ0n) is 11.3. The molecule has 1 N–H and O–H groups in total. The van der Waals surface area contributed by atoms with Gasteiger partial charge in [0, 0.05) is 18.7 Å². The summed E-state index contributed by atoms with van der Waals surface area (Å²) in [5.74, 6) is 5.92. The first kappa shape index (κ1) is 13.8. The molecule has 1 fully saturated rings. The van der Waals surface area contributed by atoms with Crippen LogP contribution in [0.2, 0.25) is 0 Å². The minimum Gasteiger partial charge on any atom is -0.391 e. The molecule has 4 nitrogen and oxygen atoms in total. The summed E-state index contributed by atoms with van der Waals surface area (Å²) in [7, 11) is 0. The minimum atomic E-state index is -0.404. The van der Waals surface area contributed by atoms with Crippen molar-refractivity contribution in [2.75, 3.05) is 13.1 Å². The van der Waals surface area contributed by atoms with Crippen LogP contribution in [0, 0.1) is 11.8 Å². The number of hydrogen-bond acceptors (Lipinski definition) is 4. The number of carbonyl (C=O) groups is 1. The van der Waals surface area contributed by atoms with E-state index in [0.717, 1.165) is 5.56 Å². The molecule has 1 aliphatic rings. The van der Waals surface area contributed by atoms with Crippen LogP contribution in [-0.2, 0) is 0 Å². The van der Waals surface area contributed by atoms with E-state index < -0.39 is 6.10 Å². The molecule has 5 heteroatoms. The van der Waals surface area contributed by atoms with E-state index in [1.807, 2.05) is 30.3 Å². The van der Waals surface area contributed by atoms with Gasteiger partial charge in [-0.05, 0) is 24.5 Å². The molecule has 0 radical (unpaired) electrons. The Hall–Kier alpha value is -2.16.